The molecule has 0 spiro atoms. The molecule has 1 aromatic heterocycles. The molecule has 0 atom stereocenters. The Balaban J connectivity index is 1.25. The zero-order chi connectivity index (χ0) is 25.8. The summed E-state index contributed by atoms with van der Waals surface area (Å²) in [4.78, 5) is 20.9. The Morgan fingerprint density at radius 3 is 2.65 bits per heavy atom. The third kappa shape index (κ3) is 5.42. The monoisotopic (exact) mass is 531 g/mol. The van der Waals surface area contributed by atoms with Crippen molar-refractivity contribution in [1.82, 2.24) is 9.99 Å². The van der Waals surface area contributed by atoms with Crippen molar-refractivity contribution in [2.24, 2.45) is 10.1 Å². The molecular weight excluding hydrogens is 510 g/mol. The SMILES string of the molecule is CCc1ccccc1OCCOc1ccc(/C=C2/C(=N)N3N=C(c4cccnc4)SC3=NC2=O)cc1Cl. The van der Waals surface area contributed by atoms with Gasteiger partial charge in [0, 0.05) is 18.0 Å². The summed E-state index contributed by atoms with van der Waals surface area (Å²) >= 11 is 7.66. The van der Waals surface area contributed by atoms with Crippen LogP contribution in [0.25, 0.3) is 6.08 Å². The number of ether oxygens (including phenoxy) is 2. The van der Waals surface area contributed by atoms with E-state index >= 15 is 0 Å². The fourth-order valence-electron chi connectivity index (χ4n) is 3.73. The van der Waals surface area contributed by atoms with Crippen molar-refractivity contribution in [1.29, 1.82) is 5.41 Å². The number of pyridine rings is 1. The number of fused-ring (bicyclic) bond motifs is 1. The number of aromatic nitrogens is 1. The van der Waals surface area contributed by atoms with Gasteiger partial charge in [0.05, 0.1) is 10.6 Å². The molecule has 0 unspecified atom stereocenters. The minimum absolute atomic E-state index is 0.0534. The van der Waals surface area contributed by atoms with Crippen molar-refractivity contribution in [2.75, 3.05) is 13.2 Å². The molecule has 186 valence electrons. The van der Waals surface area contributed by atoms with Gasteiger partial charge in [-0.3, -0.25) is 15.2 Å². The lowest BCUT2D eigenvalue weighted by Gasteiger charge is -2.20. The second-order valence-electron chi connectivity index (χ2n) is 8.01. The predicted molar refractivity (Wildman–Crippen MR) is 147 cm³/mol. The van der Waals surface area contributed by atoms with Crippen molar-refractivity contribution in [3.63, 3.8) is 0 Å². The van der Waals surface area contributed by atoms with E-state index in [9.17, 15) is 4.79 Å². The van der Waals surface area contributed by atoms with E-state index in [0.717, 1.165) is 23.3 Å². The third-order valence-electron chi connectivity index (χ3n) is 5.58. The van der Waals surface area contributed by atoms with Gasteiger partial charge in [-0.1, -0.05) is 42.8 Å². The number of carbonyl (C=O) groups excluding carboxylic acids is 1. The third-order valence-corrected chi connectivity index (χ3v) is 6.83. The van der Waals surface area contributed by atoms with Crippen LogP contribution in [0.5, 0.6) is 11.5 Å². The maximum atomic E-state index is 12.7. The second-order valence-corrected chi connectivity index (χ2v) is 9.38. The van der Waals surface area contributed by atoms with Crippen LogP contribution in [0.4, 0.5) is 0 Å². The fourth-order valence-corrected chi connectivity index (χ4v) is 4.85. The molecule has 0 bridgehead atoms. The Bertz CT molecular complexity index is 1460. The number of amidine groups is 2. The number of rotatable bonds is 8. The lowest BCUT2D eigenvalue weighted by atomic mass is 10.1. The van der Waals surface area contributed by atoms with Gasteiger partial charge in [-0.15, -0.1) is 0 Å². The number of hydrogen-bond acceptors (Lipinski definition) is 7. The standard InChI is InChI=1S/C27H22ClN5O3S/c1-2-18-6-3-4-8-22(18)35-12-13-36-23-10-9-17(15-21(23)28)14-20-24(29)33-27(31-25(20)34)37-26(32-33)19-7-5-11-30-16-19/h3-11,14-16,29H,2,12-13H2,1H3/b20-14-,29-24?. The number of carbonyl (C=O) groups is 1. The number of nitrogens with zero attached hydrogens (tertiary/aromatic N) is 4. The molecule has 5 rings (SSSR count). The summed E-state index contributed by atoms with van der Waals surface area (Å²) in [6, 6.07) is 16.8. The summed E-state index contributed by atoms with van der Waals surface area (Å²) in [6.07, 6.45) is 5.81. The number of para-hydroxylation sites is 1. The number of halogens is 1. The number of thioether (sulfide) groups is 1. The van der Waals surface area contributed by atoms with E-state index in [4.69, 9.17) is 26.5 Å². The van der Waals surface area contributed by atoms with Crippen LogP contribution in [0.15, 0.2) is 82.7 Å². The van der Waals surface area contributed by atoms with Gasteiger partial charge in [0.25, 0.3) is 5.91 Å². The van der Waals surface area contributed by atoms with Crippen LogP contribution in [0.1, 0.15) is 23.6 Å². The highest BCUT2D eigenvalue weighted by molar-refractivity contribution is 8.27. The lowest BCUT2D eigenvalue weighted by molar-refractivity contribution is -0.114. The lowest BCUT2D eigenvalue weighted by Crippen LogP contribution is -2.35. The number of hydrogen-bond donors (Lipinski definition) is 1. The highest BCUT2D eigenvalue weighted by Crippen LogP contribution is 2.32. The number of benzene rings is 2. The topological polar surface area (TPSA) is 100 Å². The maximum Gasteiger partial charge on any atom is 0.283 e. The molecule has 2 aliphatic heterocycles. The maximum absolute atomic E-state index is 12.7. The number of aryl methyl sites for hydroxylation is 1. The normalized spacial score (nSPS) is 15.9. The van der Waals surface area contributed by atoms with Crippen LogP contribution >= 0.6 is 23.4 Å². The molecule has 0 saturated heterocycles. The summed E-state index contributed by atoms with van der Waals surface area (Å²) in [6.45, 7) is 2.78. The van der Waals surface area contributed by atoms with Gasteiger partial charge in [-0.05, 0) is 65.7 Å². The minimum Gasteiger partial charge on any atom is -0.490 e. The molecule has 3 heterocycles. The molecule has 1 amide bonds. The first kappa shape index (κ1) is 24.7. The van der Waals surface area contributed by atoms with Crippen molar-refractivity contribution in [3.05, 3.63) is 94.3 Å². The van der Waals surface area contributed by atoms with Gasteiger partial charge < -0.3 is 9.47 Å². The molecule has 37 heavy (non-hydrogen) atoms. The second kappa shape index (κ2) is 11.0. The van der Waals surface area contributed by atoms with Gasteiger partial charge in [0.15, 0.2) is 5.84 Å². The number of nitrogens with one attached hydrogen (secondary N) is 1. The minimum atomic E-state index is -0.507. The molecule has 0 aliphatic carbocycles. The van der Waals surface area contributed by atoms with Crippen LogP contribution in [-0.2, 0) is 11.2 Å². The largest absolute Gasteiger partial charge is 0.490 e. The first-order valence-corrected chi connectivity index (χ1v) is 12.8. The van der Waals surface area contributed by atoms with Gasteiger partial charge in [-0.2, -0.15) is 15.1 Å². The number of aliphatic imine (C=N–C) groups is 1. The Kier molecular flexibility index (Phi) is 7.34. The van der Waals surface area contributed by atoms with Crippen molar-refractivity contribution >= 4 is 51.4 Å². The van der Waals surface area contributed by atoms with Crippen molar-refractivity contribution < 1.29 is 14.3 Å². The van der Waals surface area contributed by atoms with E-state index in [-0.39, 0.29) is 11.4 Å². The van der Waals surface area contributed by atoms with Gasteiger partial charge in [0.1, 0.15) is 29.8 Å². The predicted octanol–water partition coefficient (Wildman–Crippen LogP) is 5.42. The van der Waals surface area contributed by atoms with E-state index < -0.39 is 5.91 Å². The van der Waals surface area contributed by atoms with Gasteiger partial charge in [0.2, 0.25) is 5.17 Å². The summed E-state index contributed by atoms with van der Waals surface area (Å²) < 4.78 is 11.6. The molecule has 8 nitrogen and oxygen atoms in total. The van der Waals surface area contributed by atoms with E-state index in [2.05, 4.69) is 22.0 Å². The number of hydrazone groups is 1. The molecule has 10 heteroatoms. The Hall–Kier alpha value is -3.95. The van der Waals surface area contributed by atoms with Crippen molar-refractivity contribution in [2.45, 2.75) is 13.3 Å². The molecule has 3 aromatic rings. The van der Waals surface area contributed by atoms with Crippen molar-refractivity contribution in [3.8, 4) is 11.5 Å². The summed E-state index contributed by atoms with van der Waals surface area (Å²) in [5, 5.41) is 15.7. The molecule has 0 radical (unpaired) electrons. The molecule has 2 aliphatic rings. The molecular formula is C27H22ClN5O3S. The quantitative estimate of drug-likeness (QED) is 0.307. The summed E-state index contributed by atoms with van der Waals surface area (Å²) in [5.74, 6) is 0.790. The zero-order valence-corrected chi connectivity index (χ0v) is 21.4. The highest BCUT2D eigenvalue weighted by atomic mass is 35.5. The Morgan fingerprint density at radius 2 is 1.89 bits per heavy atom. The Morgan fingerprint density at radius 1 is 1.08 bits per heavy atom. The molecule has 0 fully saturated rings. The van der Waals surface area contributed by atoms with E-state index in [1.807, 2.05) is 30.3 Å². The Labute approximate surface area is 223 Å². The zero-order valence-electron chi connectivity index (χ0n) is 19.8. The van der Waals surface area contributed by atoms with Crippen LogP contribution in [0.3, 0.4) is 0 Å². The summed E-state index contributed by atoms with van der Waals surface area (Å²) in [5.41, 5.74) is 2.69. The van der Waals surface area contributed by atoms with E-state index in [1.54, 1.807) is 42.7 Å². The van der Waals surface area contributed by atoms with E-state index in [1.165, 1.54) is 16.8 Å². The van der Waals surface area contributed by atoms with Gasteiger partial charge in [-0.25, -0.2) is 0 Å². The smallest absolute Gasteiger partial charge is 0.283 e. The first-order chi connectivity index (χ1) is 18.0. The van der Waals surface area contributed by atoms with Crippen LogP contribution in [0.2, 0.25) is 5.02 Å². The fraction of sp³-hybridized carbons (Fsp3) is 0.148. The first-order valence-electron chi connectivity index (χ1n) is 11.6. The van der Waals surface area contributed by atoms with Crippen LogP contribution < -0.4 is 9.47 Å². The number of amides is 1. The summed E-state index contributed by atoms with van der Waals surface area (Å²) in [7, 11) is 0. The van der Waals surface area contributed by atoms with Crippen LogP contribution in [0, 0.1) is 5.41 Å². The molecule has 1 N–H and O–H groups in total. The molecule has 0 saturated carbocycles. The molecule has 2 aromatic carbocycles. The van der Waals surface area contributed by atoms with E-state index in [0.29, 0.717) is 39.8 Å². The average molecular weight is 532 g/mol. The van der Waals surface area contributed by atoms with Gasteiger partial charge >= 0.3 is 0 Å². The van der Waals surface area contributed by atoms with Crippen LogP contribution in [-0.4, -0.2) is 45.2 Å². The highest BCUT2D eigenvalue weighted by Gasteiger charge is 2.36. The average Bonchev–Trinajstić information content (AvgIpc) is 3.35.